The number of halogens is 2. The number of thiophene rings is 1. The molecule has 0 radical (unpaired) electrons. The minimum absolute atomic E-state index is 0.0392. The molecule has 0 unspecified atom stereocenters. The second-order valence-corrected chi connectivity index (χ2v) is 11.3. The number of carbonyl (C=O) groups excluding carboxylic acids is 1. The van der Waals surface area contributed by atoms with Crippen LogP contribution in [0.2, 0.25) is 0 Å². The maximum Gasteiger partial charge on any atom is 0.207 e. The summed E-state index contributed by atoms with van der Waals surface area (Å²) in [6.45, 7) is 2.84. The third kappa shape index (κ3) is 5.28. The van der Waals surface area contributed by atoms with Gasteiger partial charge in [-0.1, -0.05) is 0 Å². The van der Waals surface area contributed by atoms with Crippen LogP contribution in [0.4, 0.5) is 8.78 Å². The summed E-state index contributed by atoms with van der Waals surface area (Å²) in [5.41, 5.74) is 0.922. The first-order chi connectivity index (χ1) is 18.1. The monoisotopic (exact) mass is 533 g/mol. The van der Waals surface area contributed by atoms with E-state index < -0.39 is 5.82 Å². The number of aryl methyl sites for hydroxylation is 1. The molecule has 4 aromatic rings. The van der Waals surface area contributed by atoms with Crippen molar-refractivity contribution >= 4 is 42.9 Å². The van der Waals surface area contributed by atoms with Crippen LogP contribution in [0.15, 0.2) is 60.7 Å². The Balaban J connectivity index is 1.35. The molecular formula is C28H27B2F2NO4S. The molecule has 1 aliphatic heterocycles. The van der Waals surface area contributed by atoms with Gasteiger partial charge in [-0.05, 0) is 84.9 Å². The molecule has 0 amide bonds. The first kappa shape index (κ1) is 26.3. The van der Waals surface area contributed by atoms with Crippen molar-refractivity contribution in [2.45, 2.75) is 24.8 Å². The highest BCUT2D eigenvalue weighted by Crippen LogP contribution is 2.43. The Bertz CT molecular complexity index is 1490. The normalized spacial score (nSPS) is 14.4. The van der Waals surface area contributed by atoms with Gasteiger partial charge in [0.15, 0.2) is 5.75 Å². The van der Waals surface area contributed by atoms with E-state index in [2.05, 4.69) is 4.90 Å². The molecule has 0 bridgehead atoms. The van der Waals surface area contributed by atoms with Gasteiger partial charge in [0.25, 0.3) is 0 Å². The lowest BCUT2D eigenvalue weighted by atomic mass is 9.58. The van der Waals surface area contributed by atoms with Crippen molar-refractivity contribution in [2.24, 2.45) is 0 Å². The fraction of sp³-hybridized carbons (Fsp3) is 0.250. The molecule has 1 saturated heterocycles. The Morgan fingerprint density at radius 2 is 1.82 bits per heavy atom. The van der Waals surface area contributed by atoms with Gasteiger partial charge in [0.2, 0.25) is 5.78 Å². The van der Waals surface area contributed by atoms with E-state index in [4.69, 9.17) is 9.47 Å². The fourth-order valence-corrected chi connectivity index (χ4v) is 5.73. The second-order valence-electron chi connectivity index (χ2n) is 10.2. The molecule has 5 nitrogen and oxygen atoms in total. The Hall–Kier alpha value is -3.36. The molecule has 1 aliphatic rings. The SMILES string of the molecule is BC(B)(CCF)N1CC(Oc2ccc(Oc3c(C(=O)c4ccc(F)cc4C)sc4cc(O)ccc34)cc2)C1. The van der Waals surface area contributed by atoms with E-state index in [0.717, 1.165) is 13.1 Å². The summed E-state index contributed by atoms with van der Waals surface area (Å²) in [5, 5.41) is 10.5. The van der Waals surface area contributed by atoms with E-state index in [9.17, 15) is 18.7 Å². The second kappa shape index (κ2) is 10.4. The zero-order valence-corrected chi connectivity index (χ0v) is 22.3. The Labute approximate surface area is 225 Å². The molecule has 1 aromatic heterocycles. The summed E-state index contributed by atoms with van der Waals surface area (Å²) in [7, 11) is 4.08. The molecule has 0 saturated carbocycles. The summed E-state index contributed by atoms with van der Waals surface area (Å²) >= 11 is 1.22. The molecule has 1 fully saturated rings. The number of fused-ring (bicyclic) bond motifs is 1. The number of carbonyl (C=O) groups is 1. The number of ketones is 1. The summed E-state index contributed by atoms with van der Waals surface area (Å²) in [5.74, 6) is 1.02. The Kier molecular flexibility index (Phi) is 7.20. The van der Waals surface area contributed by atoms with Gasteiger partial charge >= 0.3 is 0 Å². The van der Waals surface area contributed by atoms with Gasteiger partial charge in [0.05, 0.1) is 6.67 Å². The molecule has 10 heteroatoms. The number of phenols is 1. The standard InChI is InChI=1S/C28H27B2F2NO4S/c1-16-12-17(32)2-8-22(16)25(35)27-26(23-9-3-18(34)13-24(23)38-27)37-20-6-4-19(5-7-20)36-21-14-33(15-21)28(29,30)10-11-31/h2-9,12-13,21,34H,10-11,14-15,29-30H2,1H3. The van der Waals surface area contributed by atoms with Gasteiger partial charge in [0.1, 0.15) is 49.7 Å². The van der Waals surface area contributed by atoms with Crippen LogP contribution in [0.3, 0.4) is 0 Å². The van der Waals surface area contributed by atoms with Crippen LogP contribution in [0, 0.1) is 12.7 Å². The van der Waals surface area contributed by atoms with Gasteiger partial charge in [-0.2, -0.15) is 0 Å². The Morgan fingerprint density at radius 3 is 2.50 bits per heavy atom. The number of alkyl halides is 1. The zero-order chi connectivity index (χ0) is 27.0. The topological polar surface area (TPSA) is 59.0 Å². The summed E-state index contributed by atoms with van der Waals surface area (Å²) in [6, 6.07) is 16.1. The van der Waals surface area contributed by atoms with Crippen LogP contribution >= 0.6 is 11.3 Å². The van der Waals surface area contributed by atoms with Crippen LogP contribution in [0.25, 0.3) is 10.1 Å². The van der Waals surface area contributed by atoms with Crippen molar-refractivity contribution in [1.29, 1.82) is 0 Å². The molecule has 0 atom stereocenters. The first-order valence-electron chi connectivity index (χ1n) is 12.5. The number of rotatable bonds is 9. The Morgan fingerprint density at radius 1 is 1.11 bits per heavy atom. The lowest BCUT2D eigenvalue weighted by Crippen LogP contribution is -2.64. The number of aromatic hydroxyl groups is 1. The predicted molar refractivity (Wildman–Crippen MR) is 151 cm³/mol. The molecule has 38 heavy (non-hydrogen) atoms. The van der Waals surface area contributed by atoms with Crippen LogP contribution in [-0.2, 0) is 0 Å². The van der Waals surface area contributed by atoms with Crippen molar-refractivity contribution in [3.63, 3.8) is 0 Å². The number of hydrogen-bond donors (Lipinski definition) is 1. The highest BCUT2D eigenvalue weighted by molar-refractivity contribution is 7.21. The molecule has 5 rings (SSSR count). The van der Waals surface area contributed by atoms with E-state index in [1.54, 1.807) is 37.3 Å². The van der Waals surface area contributed by atoms with Crippen molar-refractivity contribution in [2.75, 3.05) is 19.8 Å². The van der Waals surface area contributed by atoms with Gasteiger partial charge in [-0.25, -0.2) is 4.39 Å². The van der Waals surface area contributed by atoms with Crippen molar-refractivity contribution < 1.29 is 28.2 Å². The zero-order valence-electron chi connectivity index (χ0n) is 21.5. The number of phenolic OH excluding ortho intramolecular Hbond substituents is 1. The third-order valence-electron chi connectivity index (χ3n) is 7.02. The lowest BCUT2D eigenvalue weighted by molar-refractivity contribution is -0.00398. The highest BCUT2D eigenvalue weighted by Gasteiger charge is 2.38. The maximum atomic E-state index is 13.6. The highest BCUT2D eigenvalue weighted by atomic mass is 32.1. The molecular weight excluding hydrogens is 506 g/mol. The van der Waals surface area contributed by atoms with E-state index in [1.807, 2.05) is 27.8 Å². The lowest BCUT2D eigenvalue weighted by Gasteiger charge is -2.49. The van der Waals surface area contributed by atoms with E-state index in [0.29, 0.717) is 49.8 Å². The van der Waals surface area contributed by atoms with Gasteiger partial charge in [-0.3, -0.25) is 9.18 Å². The smallest absolute Gasteiger partial charge is 0.207 e. The molecule has 3 aromatic carbocycles. The quantitative estimate of drug-likeness (QED) is 0.255. The number of ether oxygens (including phenoxy) is 2. The van der Waals surface area contributed by atoms with Crippen molar-refractivity contribution in [1.82, 2.24) is 4.90 Å². The first-order valence-corrected chi connectivity index (χ1v) is 13.3. The van der Waals surface area contributed by atoms with Gasteiger partial charge in [-0.15, -0.1) is 11.3 Å². The van der Waals surface area contributed by atoms with Gasteiger partial charge < -0.3 is 19.5 Å². The number of nitrogens with zero attached hydrogens (tertiary/aromatic N) is 1. The van der Waals surface area contributed by atoms with Crippen LogP contribution in [0.5, 0.6) is 23.0 Å². The minimum Gasteiger partial charge on any atom is -0.508 e. The largest absolute Gasteiger partial charge is 0.508 e. The van der Waals surface area contributed by atoms with Crippen molar-refractivity contribution in [3.8, 4) is 23.0 Å². The van der Waals surface area contributed by atoms with Crippen LogP contribution in [0.1, 0.15) is 27.2 Å². The molecule has 0 aliphatic carbocycles. The van der Waals surface area contributed by atoms with Gasteiger partial charge in [0, 0.05) is 28.7 Å². The molecule has 0 spiro atoms. The average Bonchev–Trinajstić information content (AvgIpc) is 3.18. The number of likely N-dealkylation sites (tertiary alicyclic amines) is 1. The average molecular weight is 533 g/mol. The van der Waals surface area contributed by atoms with Crippen LogP contribution in [-0.4, -0.2) is 62.7 Å². The predicted octanol–water partition coefficient (Wildman–Crippen LogP) is 4.42. The fourth-order valence-electron chi connectivity index (χ4n) is 4.61. The van der Waals surface area contributed by atoms with E-state index in [1.165, 1.54) is 29.5 Å². The summed E-state index contributed by atoms with van der Waals surface area (Å²) < 4.78 is 39.5. The van der Waals surface area contributed by atoms with Crippen LogP contribution < -0.4 is 9.47 Å². The summed E-state index contributed by atoms with van der Waals surface area (Å²) in [6.07, 6.45) is 0.533. The summed E-state index contributed by atoms with van der Waals surface area (Å²) in [4.78, 5) is 16.1. The molecule has 194 valence electrons. The van der Waals surface area contributed by atoms with E-state index >= 15 is 0 Å². The maximum absolute atomic E-state index is 13.6. The molecule has 2 heterocycles. The third-order valence-corrected chi connectivity index (χ3v) is 8.16. The molecule has 1 N–H and O–H groups in total. The number of benzene rings is 3. The minimum atomic E-state index is -0.405. The number of hydrogen-bond acceptors (Lipinski definition) is 6. The van der Waals surface area contributed by atoms with Crippen molar-refractivity contribution in [3.05, 3.63) is 82.5 Å². The van der Waals surface area contributed by atoms with E-state index in [-0.39, 0.29) is 29.6 Å².